The number of carboxylic acid groups (broad SMARTS) is 1. The van der Waals surface area contributed by atoms with Gasteiger partial charge in [0.05, 0.1) is 0 Å². The van der Waals surface area contributed by atoms with Crippen LogP contribution in [0.5, 0.6) is 0 Å². The number of aliphatic carboxylic acids is 1. The lowest BCUT2D eigenvalue weighted by atomic mass is 10.1. The summed E-state index contributed by atoms with van der Waals surface area (Å²) < 4.78 is 12.8. The van der Waals surface area contributed by atoms with Crippen molar-refractivity contribution < 1.29 is 14.3 Å². The van der Waals surface area contributed by atoms with Crippen LogP contribution >= 0.6 is 11.6 Å². The number of hydrogen-bond donors (Lipinski definition) is 1. The van der Waals surface area contributed by atoms with Gasteiger partial charge in [0.15, 0.2) is 5.38 Å². The average molecular weight is 203 g/mol. The van der Waals surface area contributed by atoms with Gasteiger partial charge in [-0.25, -0.2) is 4.39 Å². The van der Waals surface area contributed by atoms with E-state index in [-0.39, 0.29) is 5.82 Å². The highest BCUT2D eigenvalue weighted by atomic mass is 35.5. The van der Waals surface area contributed by atoms with Gasteiger partial charge in [0.25, 0.3) is 0 Å². The minimum atomic E-state index is -1.13. The predicted octanol–water partition coefficient (Wildman–Crippen LogP) is 2.50. The van der Waals surface area contributed by atoms with Crippen molar-refractivity contribution in [1.82, 2.24) is 0 Å². The SMILES string of the molecule is Cc1cc(C(Cl)C(=O)O)ccc1F. The van der Waals surface area contributed by atoms with Gasteiger partial charge in [0.2, 0.25) is 0 Å². The van der Waals surface area contributed by atoms with Crippen LogP contribution in [0.25, 0.3) is 0 Å². The standard InChI is InChI=1S/C9H8ClFO2/c1-5-4-6(2-3-7(5)11)8(10)9(12)13/h2-4,8H,1H3,(H,12,13). The molecule has 0 saturated carbocycles. The van der Waals surface area contributed by atoms with Crippen LogP contribution in [0.15, 0.2) is 18.2 Å². The Balaban J connectivity index is 3.03. The van der Waals surface area contributed by atoms with Crippen molar-refractivity contribution in [3.05, 3.63) is 35.1 Å². The third kappa shape index (κ3) is 2.18. The molecule has 1 rings (SSSR count). The minimum absolute atomic E-state index is 0.363. The topological polar surface area (TPSA) is 37.3 Å². The third-order valence-electron chi connectivity index (χ3n) is 1.69. The summed E-state index contributed by atoms with van der Waals surface area (Å²) in [6.45, 7) is 1.56. The van der Waals surface area contributed by atoms with E-state index in [2.05, 4.69) is 0 Å². The highest BCUT2D eigenvalue weighted by Gasteiger charge is 2.16. The molecule has 13 heavy (non-hydrogen) atoms. The summed E-state index contributed by atoms with van der Waals surface area (Å²) in [7, 11) is 0. The van der Waals surface area contributed by atoms with Crippen molar-refractivity contribution >= 4 is 17.6 Å². The Labute approximate surface area is 80.0 Å². The Bertz CT molecular complexity index is 338. The molecule has 1 atom stereocenters. The summed E-state index contributed by atoms with van der Waals surface area (Å²) >= 11 is 5.54. The molecule has 4 heteroatoms. The first-order chi connectivity index (χ1) is 6.02. The fourth-order valence-corrected chi connectivity index (χ4v) is 1.10. The maximum absolute atomic E-state index is 12.8. The zero-order chi connectivity index (χ0) is 10.0. The smallest absolute Gasteiger partial charge is 0.326 e. The van der Waals surface area contributed by atoms with Crippen molar-refractivity contribution in [2.75, 3.05) is 0 Å². The number of aryl methyl sites for hydroxylation is 1. The number of alkyl halides is 1. The molecule has 0 saturated heterocycles. The van der Waals surface area contributed by atoms with E-state index in [0.29, 0.717) is 11.1 Å². The molecule has 70 valence electrons. The molecule has 0 aromatic heterocycles. The Kier molecular flexibility index (Phi) is 2.88. The van der Waals surface area contributed by atoms with Gasteiger partial charge in [0.1, 0.15) is 5.82 Å². The molecule has 1 aromatic rings. The van der Waals surface area contributed by atoms with Crippen molar-refractivity contribution in [3.8, 4) is 0 Å². The van der Waals surface area contributed by atoms with E-state index in [9.17, 15) is 9.18 Å². The van der Waals surface area contributed by atoms with E-state index < -0.39 is 11.3 Å². The lowest BCUT2D eigenvalue weighted by Crippen LogP contribution is -2.05. The third-order valence-corrected chi connectivity index (χ3v) is 2.13. The van der Waals surface area contributed by atoms with Crippen molar-refractivity contribution in [2.45, 2.75) is 12.3 Å². The van der Waals surface area contributed by atoms with E-state index in [1.54, 1.807) is 6.92 Å². The molecule has 0 fully saturated rings. The lowest BCUT2D eigenvalue weighted by molar-refractivity contribution is -0.136. The quantitative estimate of drug-likeness (QED) is 0.749. The van der Waals surface area contributed by atoms with Crippen LogP contribution in [-0.2, 0) is 4.79 Å². The Morgan fingerprint density at radius 3 is 2.69 bits per heavy atom. The zero-order valence-corrected chi connectivity index (χ0v) is 7.68. The highest BCUT2D eigenvalue weighted by Crippen LogP contribution is 2.22. The number of halogens is 2. The first-order valence-electron chi connectivity index (χ1n) is 3.65. The number of benzene rings is 1. The van der Waals surface area contributed by atoms with Crippen LogP contribution in [0.1, 0.15) is 16.5 Å². The van der Waals surface area contributed by atoms with Gasteiger partial charge in [-0.1, -0.05) is 12.1 Å². The molecule has 0 radical (unpaired) electrons. The fraction of sp³-hybridized carbons (Fsp3) is 0.222. The summed E-state index contributed by atoms with van der Waals surface area (Å²) in [5.41, 5.74) is 0.789. The fourth-order valence-electron chi connectivity index (χ4n) is 0.968. The normalized spacial score (nSPS) is 12.5. The second-order valence-electron chi connectivity index (χ2n) is 2.71. The Morgan fingerprint density at radius 1 is 1.62 bits per heavy atom. The van der Waals surface area contributed by atoms with Gasteiger partial charge in [-0.2, -0.15) is 0 Å². The molecule has 1 aromatic carbocycles. The van der Waals surface area contributed by atoms with Gasteiger partial charge in [-0.05, 0) is 24.1 Å². The zero-order valence-electron chi connectivity index (χ0n) is 6.92. The number of hydrogen-bond acceptors (Lipinski definition) is 1. The van der Waals surface area contributed by atoms with E-state index in [4.69, 9.17) is 16.7 Å². The summed E-state index contributed by atoms with van der Waals surface area (Å²) in [5.74, 6) is -1.49. The van der Waals surface area contributed by atoms with Gasteiger partial charge in [-0.15, -0.1) is 11.6 Å². The summed E-state index contributed by atoms with van der Waals surface area (Å²) in [5, 5.41) is 7.46. The first-order valence-corrected chi connectivity index (χ1v) is 4.09. The Hall–Kier alpha value is -1.09. The van der Waals surface area contributed by atoms with E-state index in [0.717, 1.165) is 0 Å². The van der Waals surface area contributed by atoms with Crippen LogP contribution in [0, 0.1) is 12.7 Å². The minimum Gasteiger partial charge on any atom is -0.480 e. The number of carbonyl (C=O) groups is 1. The molecule has 0 heterocycles. The van der Waals surface area contributed by atoms with Crippen molar-refractivity contribution in [2.24, 2.45) is 0 Å². The van der Waals surface area contributed by atoms with E-state index in [1.807, 2.05) is 0 Å². The Morgan fingerprint density at radius 2 is 2.23 bits per heavy atom. The largest absolute Gasteiger partial charge is 0.480 e. The number of carboxylic acids is 1. The highest BCUT2D eigenvalue weighted by molar-refractivity contribution is 6.29. The molecule has 0 aliphatic rings. The van der Waals surface area contributed by atoms with Crippen LogP contribution in [0.4, 0.5) is 4.39 Å². The van der Waals surface area contributed by atoms with E-state index in [1.165, 1.54) is 18.2 Å². The average Bonchev–Trinajstić information content (AvgIpc) is 2.08. The molecule has 0 aliphatic heterocycles. The molecular formula is C9H8ClFO2. The van der Waals surface area contributed by atoms with Crippen LogP contribution < -0.4 is 0 Å². The first kappa shape index (κ1) is 9.99. The molecule has 0 aliphatic carbocycles. The van der Waals surface area contributed by atoms with Gasteiger partial charge in [-0.3, -0.25) is 4.79 Å². The second-order valence-corrected chi connectivity index (χ2v) is 3.15. The number of rotatable bonds is 2. The van der Waals surface area contributed by atoms with Crippen LogP contribution in [-0.4, -0.2) is 11.1 Å². The molecule has 2 nitrogen and oxygen atoms in total. The summed E-state index contributed by atoms with van der Waals surface area (Å²) in [4.78, 5) is 10.5. The van der Waals surface area contributed by atoms with Crippen LogP contribution in [0.2, 0.25) is 0 Å². The molecule has 0 bridgehead atoms. The summed E-state index contributed by atoms with van der Waals surface area (Å²) in [6.07, 6.45) is 0. The molecular weight excluding hydrogens is 195 g/mol. The molecule has 0 spiro atoms. The monoisotopic (exact) mass is 202 g/mol. The molecule has 1 unspecified atom stereocenters. The summed E-state index contributed by atoms with van der Waals surface area (Å²) in [6, 6.07) is 4.01. The van der Waals surface area contributed by atoms with Crippen molar-refractivity contribution in [1.29, 1.82) is 0 Å². The second kappa shape index (κ2) is 3.75. The van der Waals surface area contributed by atoms with Gasteiger partial charge < -0.3 is 5.11 Å². The van der Waals surface area contributed by atoms with Crippen molar-refractivity contribution in [3.63, 3.8) is 0 Å². The van der Waals surface area contributed by atoms with E-state index >= 15 is 0 Å². The van der Waals surface area contributed by atoms with Gasteiger partial charge in [0, 0.05) is 0 Å². The lowest BCUT2D eigenvalue weighted by Gasteiger charge is -2.05. The predicted molar refractivity (Wildman–Crippen MR) is 47.4 cm³/mol. The molecule has 1 N–H and O–H groups in total. The maximum atomic E-state index is 12.8. The molecule has 0 amide bonds. The van der Waals surface area contributed by atoms with Crippen LogP contribution in [0.3, 0.4) is 0 Å². The maximum Gasteiger partial charge on any atom is 0.326 e. The van der Waals surface area contributed by atoms with Gasteiger partial charge >= 0.3 is 5.97 Å².